The molecule has 0 atom stereocenters. The molecule has 1 aromatic heterocycles. The molecule has 1 aromatic carbocycles. The number of aryl methyl sites for hydroxylation is 1. The van der Waals surface area contributed by atoms with E-state index in [4.69, 9.17) is 4.74 Å². The highest BCUT2D eigenvalue weighted by Crippen LogP contribution is 2.14. The van der Waals surface area contributed by atoms with Gasteiger partial charge in [0.25, 0.3) is 0 Å². The highest BCUT2D eigenvalue weighted by atomic mass is 16.5. The van der Waals surface area contributed by atoms with Crippen molar-refractivity contribution in [2.24, 2.45) is 0 Å². The van der Waals surface area contributed by atoms with E-state index in [9.17, 15) is 0 Å². The number of anilines is 1. The van der Waals surface area contributed by atoms with Crippen LogP contribution in [-0.4, -0.2) is 54.3 Å². The van der Waals surface area contributed by atoms with Gasteiger partial charge in [-0.2, -0.15) is 0 Å². The molecule has 1 aliphatic rings. The van der Waals surface area contributed by atoms with Gasteiger partial charge in [-0.1, -0.05) is 11.6 Å². The van der Waals surface area contributed by atoms with Crippen molar-refractivity contribution in [3.8, 4) is 0 Å². The van der Waals surface area contributed by atoms with Crippen molar-refractivity contribution < 1.29 is 4.74 Å². The van der Waals surface area contributed by atoms with Gasteiger partial charge in [0.15, 0.2) is 0 Å². The van der Waals surface area contributed by atoms with Crippen molar-refractivity contribution in [1.29, 1.82) is 0 Å². The van der Waals surface area contributed by atoms with Crippen LogP contribution in [0.5, 0.6) is 0 Å². The summed E-state index contributed by atoms with van der Waals surface area (Å²) in [5.41, 5.74) is 2.22. The molecule has 0 unspecified atom stereocenters. The normalized spacial score (nSPS) is 16.4. The van der Waals surface area contributed by atoms with Crippen LogP contribution in [0.1, 0.15) is 5.56 Å². The molecule has 0 aliphatic carbocycles. The van der Waals surface area contributed by atoms with Gasteiger partial charge in [0, 0.05) is 37.8 Å². The SMILES string of the molecule is Cc1ccc2nc(NCCN3CCOCC3)ncc2c1. The number of hydrogen-bond donors (Lipinski definition) is 1. The van der Waals surface area contributed by atoms with E-state index >= 15 is 0 Å². The molecule has 20 heavy (non-hydrogen) atoms. The fourth-order valence-corrected chi connectivity index (χ4v) is 2.39. The van der Waals surface area contributed by atoms with Crippen LogP contribution >= 0.6 is 0 Å². The third-order valence-corrected chi connectivity index (χ3v) is 3.55. The molecule has 1 N–H and O–H groups in total. The maximum atomic E-state index is 5.34. The van der Waals surface area contributed by atoms with E-state index in [0.717, 1.165) is 50.3 Å². The molecule has 1 saturated heterocycles. The molecule has 3 rings (SSSR count). The molecule has 2 aromatic rings. The Kier molecular flexibility index (Phi) is 4.08. The third kappa shape index (κ3) is 3.23. The minimum Gasteiger partial charge on any atom is -0.379 e. The van der Waals surface area contributed by atoms with Crippen molar-refractivity contribution in [2.45, 2.75) is 6.92 Å². The van der Waals surface area contributed by atoms with Crippen LogP contribution in [0.4, 0.5) is 5.95 Å². The van der Waals surface area contributed by atoms with Gasteiger partial charge in [0.1, 0.15) is 0 Å². The van der Waals surface area contributed by atoms with E-state index in [1.807, 2.05) is 12.3 Å². The summed E-state index contributed by atoms with van der Waals surface area (Å²) in [6, 6.07) is 6.22. The van der Waals surface area contributed by atoms with Crippen molar-refractivity contribution in [3.05, 3.63) is 30.0 Å². The lowest BCUT2D eigenvalue weighted by atomic mass is 10.2. The van der Waals surface area contributed by atoms with Crippen LogP contribution in [0.3, 0.4) is 0 Å². The lowest BCUT2D eigenvalue weighted by molar-refractivity contribution is 0.0398. The lowest BCUT2D eigenvalue weighted by Crippen LogP contribution is -2.39. The molecule has 0 spiro atoms. The van der Waals surface area contributed by atoms with E-state index in [1.54, 1.807) is 0 Å². The van der Waals surface area contributed by atoms with Gasteiger partial charge >= 0.3 is 0 Å². The molecule has 2 heterocycles. The number of nitrogens with zero attached hydrogens (tertiary/aromatic N) is 3. The smallest absolute Gasteiger partial charge is 0.223 e. The zero-order chi connectivity index (χ0) is 13.8. The predicted molar refractivity (Wildman–Crippen MR) is 80.0 cm³/mol. The van der Waals surface area contributed by atoms with Gasteiger partial charge in [-0.3, -0.25) is 4.90 Å². The molecule has 0 radical (unpaired) electrons. The summed E-state index contributed by atoms with van der Waals surface area (Å²) in [6.07, 6.45) is 1.88. The van der Waals surface area contributed by atoms with Gasteiger partial charge in [0.2, 0.25) is 5.95 Å². The van der Waals surface area contributed by atoms with Gasteiger partial charge in [-0.25, -0.2) is 9.97 Å². The van der Waals surface area contributed by atoms with Crippen molar-refractivity contribution in [1.82, 2.24) is 14.9 Å². The Bertz CT molecular complexity index is 581. The number of nitrogens with one attached hydrogen (secondary N) is 1. The first-order valence-electron chi connectivity index (χ1n) is 7.09. The third-order valence-electron chi connectivity index (χ3n) is 3.55. The fraction of sp³-hybridized carbons (Fsp3) is 0.467. The Balaban J connectivity index is 1.58. The van der Waals surface area contributed by atoms with E-state index in [-0.39, 0.29) is 0 Å². The molecule has 5 heteroatoms. The van der Waals surface area contributed by atoms with Crippen LogP contribution in [-0.2, 0) is 4.74 Å². The van der Waals surface area contributed by atoms with Crippen molar-refractivity contribution in [3.63, 3.8) is 0 Å². The summed E-state index contributed by atoms with van der Waals surface area (Å²) in [5.74, 6) is 0.703. The second-order valence-electron chi connectivity index (χ2n) is 5.14. The zero-order valence-electron chi connectivity index (χ0n) is 11.8. The Morgan fingerprint density at radius 2 is 2.15 bits per heavy atom. The second kappa shape index (κ2) is 6.15. The zero-order valence-corrected chi connectivity index (χ0v) is 11.8. The standard InChI is InChI=1S/C15H20N4O/c1-12-2-3-14-13(10-12)11-17-15(18-14)16-4-5-19-6-8-20-9-7-19/h2-3,10-11H,4-9H2,1H3,(H,16,17,18). The van der Waals surface area contributed by atoms with Gasteiger partial charge in [-0.05, 0) is 19.1 Å². The summed E-state index contributed by atoms with van der Waals surface area (Å²) in [6.45, 7) is 7.64. The van der Waals surface area contributed by atoms with Gasteiger partial charge in [-0.15, -0.1) is 0 Å². The first-order valence-corrected chi connectivity index (χ1v) is 7.09. The second-order valence-corrected chi connectivity index (χ2v) is 5.14. The first-order chi connectivity index (χ1) is 9.81. The lowest BCUT2D eigenvalue weighted by Gasteiger charge is -2.26. The van der Waals surface area contributed by atoms with Gasteiger partial charge < -0.3 is 10.1 Å². The van der Waals surface area contributed by atoms with E-state index < -0.39 is 0 Å². The minimum atomic E-state index is 0.703. The van der Waals surface area contributed by atoms with E-state index in [1.165, 1.54) is 5.56 Å². The monoisotopic (exact) mass is 272 g/mol. The number of ether oxygens (including phenoxy) is 1. The van der Waals surface area contributed by atoms with Crippen LogP contribution in [0.2, 0.25) is 0 Å². The number of morpholine rings is 1. The summed E-state index contributed by atoms with van der Waals surface area (Å²) in [7, 11) is 0. The van der Waals surface area contributed by atoms with E-state index in [0.29, 0.717) is 5.95 Å². The predicted octanol–water partition coefficient (Wildman–Crippen LogP) is 1.68. The maximum absolute atomic E-state index is 5.34. The fourth-order valence-electron chi connectivity index (χ4n) is 2.39. The Morgan fingerprint density at radius 1 is 1.30 bits per heavy atom. The topological polar surface area (TPSA) is 50.3 Å². The largest absolute Gasteiger partial charge is 0.379 e. The highest BCUT2D eigenvalue weighted by Gasteiger charge is 2.09. The van der Waals surface area contributed by atoms with Crippen molar-refractivity contribution >= 4 is 16.9 Å². The molecule has 5 nitrogen and oxygen atoms in total. The summed E-state index contributed by atoms with van der Waals surface area (Å²) in [4.78, 5) is 11.3. The molecule has 106 valence electrons. The summed E-state index contributed by atoms with van der Waals surface area (Å²) >= 11 is 0. The highest BCUT2D eigenvalue weighted by molar-refractivity contribution is 5.79. The number of fused-ring (bicyclic) bond motifs is 1. The number of aromatic nitrogens is 2. The minimum absolute atomic E-state index is 0.703. The Labute approximate surface area is 119 Å². The van der Waals surface area contributed by atoms with Crippen LogP contribution in [0.25, 0.3) is 10.9 Å². The Morgan fingerprint density at radius 3 is 3.00 bits per heavy atom. The number of hydrogen-bond acceptors (Lipinski definition) is 5. The molecule has 1 fully saturated rings. The van der Waals surface area contributed by atoms with Crippen LogP contribution in [0, 0.1) is 6.92 Å². The first kappa shape index (κ1) is 13.3. The Hall–Kier alpha value is -1.72. The van der Waals surface area contributed by atoms with Crippen LogP contribution < -0.4 is 5.32 Å². The van der Waals surface area contributed by atoms with Gasteiger partial charge in [0.05, 0.1) is 18.7 Å². The average Bonchev–Trinajstić information content (AvgIpc) is 2.48. The summed E-state index contributed by atoms with van der Waals surface area (Å²) in [5, 5.41) is 4.38. The molecule has 0 bridgehead atoms. The molecule has 0 amide bonds. The quantitative estimate of drug-likeness (QED) is 0.917. The van der Waals surface area contributed by atoms with Crippen LogP contribution in [0.15, 0.2) is 24.4 Å². The number of rotatable bonds is 4. The molecule has 0 saturated carbocycles. The maximum Gasteiger partial charge on any atom is 0.223 e. The number of benzene rings is 1. The molecule has 1 aliphatic heterocycles. The molecular formula is C15H20N4O. The summed E-state index contributed by atoms with van der Waals surface area (Å²) < 4.78 is 5.34. The average molecular weight is 272 g/mol. The molecular weight excluding hydrogens is 252 g/mol. The van der Waals surface area contributed by atoms with Crippen molar-refractivity contribution in [2.75, 3.05) is 44.7 Å². The van der Waals surface area contributed by atoms with E-state index in [2.05, 4.69) is 39.2 Å².